The van der Waals surface area contributed by atoms with Crippen molar-refractivity contribution in [2.24, 2.45) is 0 Å². The summed E-state index contributed by atoms with van der Waals surface area (Å²) in [6, 6.07) is 0. The zero-order valence-corrected chi connectivity index (χ0v) is 12.0. The molecular formula is C10H22Cl2O2S. The number of halogens is 2. The first-order chi connectivity index (χ1) is 6.91. The van der Waals surface area contributed by atoms with Crippen LogP contribution in [0.5, 0.6) is 0 Å². The van der Waals surface area contributed by atoms with Gasteiger partial charge in [-0.15, -0.1) is 0 Å². The Hall–Kier alpha value is 0.530. The molecule has 0 aromatic rings. The topological polar surface area (TPSA) is 34.1 Å². The normalized spacial score (nSPS) is 10.7. The van der Waals surface area contributed by atoms with Crippen LogP contribution >= 0.6 is 21.4 Å². The summed E-state index contributed by atoms with van der Waals surface area (Å²) in [6.07, 6.45) is 11.5. The molecule has 0 atom stereocenters. The molecule has 0 aliphatic heterocycles. The summed E-state index contributed by atoms with van der Waals surface area (Å²) in [7, 11) is 4.81. The van der Waals surface area contributed by atoms with E-state index in [2.05, 4.69) is 35.2 Å². The Morgan fingerprint density at radius 1 is 0.733 bits per heavy atom. The van der Waals surface area contributed by atoms with Crippen molar-refractivity contribution in [2.45, 2.75) is 65.2 Å². The van der Waals surface area contributed by atoms with Gasteiger partial charge in [0.25, 0.3) is 0 Å². The molecule has 0 fully saturated rings. The number of hydrogen-bond donors (Lipinski definition) is 0. The molecule has 0 N–H and O–H groups in total. The minimum absolute atomic E-state index is 1.37. The summed E-state index contributed by atoms with van der Waals surface area (Å²) in [6.45, 7) is 4.54. The van der Waals surface area contributed by atoms with Crippen molar-refractivity contribution in [3.63, 3.8) is 0 Å². The fraction of sp³-hybridized carbons (Fsp3) is 1.00. The molecule has 94 valence electrons. The lowest BCUT2D eigenvalue weighted by atomic mass is 10.1. The van der Waals surface area contributed by atoms with Crippen molar-refractivity contribution in [2.75, 3.05) is 0 Å². The van der Waals surface area contributed by atoms with Gasteiger partial charge in [-0.2, -0.15) is 8.42 Å². The predicted molar refractivity (Wildman–Crippen MR) is 68.9 cm³/mol. The van der Waals surface area contributed by atoms with Crippen molar-refractivity contribution >= 4 is 29.6 Å². The third-order valence-corrected chi connectivity index (χ3v) is 1.96. The Morgan fingerprint density at radius 3 is 1.13 bits per heavy atom. The maximum absolute atomic E-state index is 9.16. The zero-order valence-electron chi connectivity index (χ0n) is 9.64. The molecule has 0 saturated heterocycles. The second-order valence-electron chi connectivity index (χ2n) is 3.50. The van der Waals surface area contributed by atoms with Crippen LogP contribution in [0.2, 0.25) is 0 Å². The van der Waals surface area contributed by atoms with Crippen molar-refractivity contribution in [1.82, 2.24) is 0 Å². The van der Waals surface area contributed by atoms with Gasteiger partial charge in [-0.3, -0.25) is 0 Å². The fourth-order valence-electron chi connectivity index (χ4n) is 1.21. The van der Waals surface area contributed by atoms with Gasteiger partial charge in [-0.05, 0) is 0 Å². The van der Waals surface area contributed by atoms with Crippen LogP contribution in [-0.2, 0) is 8.26 Å². The first-order valence-electron chi connectivity index (χ1n) is 5.56. The molecule has 15 heavy (non-hydrogen) atoms. The lowest BCUT2D eigenvalue weighted by molar-refractivity contribution is 0.585. The van der Waals surface area contributed by atoms with E-state index in [9.17, 15) is 0 Å². The molecule has 0 amide bonds. The van der Waals surface area contributed by atoms with Crippen molar-refractivity contribution in [3.8, 4) is 0 Å². The highest BCUT2D eigenvalue weighted by Gasteiger charge is 1.89. The summed E-state index contributed by atoms with van der Waals surface area (Å²) in [5.41, 5.74) is 0. The lowest BCUT2D eigenvalue weighted by Gasteiger charge is -1.97. The first-order valence-corrected chi connectivity index (χ1v) is 8.69. The molecule has 0 radical (unpaired) electrons. The molecule has 0 heterocycles. The second-order valence-corrected chi connectivity index (χ2v) is 7.17. The van der Waals surface area contributed by atoms with E-state index in [1.165, 1.54) is 51.4 Å². The maximum Gasteiger partial charge on any atom is 0.317 e. The molecule has 0 spiro atoms. The van der Waals surface area contributed by atoms with E-state index in [1.54, 1.807) is 0 Å². The smallest absolute Gasteiger partial charge is 0.195 e. The van der Waals surface area contributed by atoms with Crippen molar-refractivity contribution < 1.29 is 8.42 Å². The summed E-state index contributed by atoms with van der Waals surface area (Å²) >= 11 is 0. The van der Waals surface area contributed by atoms with Crippen LogP contribution < -0.4 is 0 Å². The second kappa shape index (κ2) is 12.6. The minimum Gasteiger partial charge on any atom is -0.195 e. The summed E-state index contributed by atoms with van der Waals surface area (Å²) in [5, 5.41) is 0. The quantitative estimate of drug-likeness (QED) is 0.492. The Kier molecular flexibility index (Phi) is 15.0. The largest absolute Gasteiger partial charge is 0.317 e. The predicted octanol–water partition coefficient (Wildman–Crippen LogP) is 4.86. The van der Waals surface area contributed by atoms with Crippen LogP contribution in [0.4, 0.5) is 0 Å². The van der Waals surface area contributed by atoms with Crippen LogP contribution in [0, 0.1) is 0 Å². The van der Waals surface area contributed by atoms with Gasteiger partial charge in [0.1, 0.15) is 0 Å². The van der Waals surface area contributed by atoms with Gasteiger partial charge in [0.05, 0.1) is 0 Å². The average molecular weight is 277 g/mol. The molecule has 0 aliphatic carbocycles. The Balaban J connectivity index is 0. The van der Waals surface area contributed by atoms with Crippen molar-refractivity contribution in [3.05, 3.63) is 0 Å². The Morgan fingerprint density at radius 2 is 0.933 bits per heavy atom. The van der Waals surface area contributed by atoms with Gasteiger partial charge >= 0.3 is 8.26 Å². The Labute approximate surface area is 103 Å². The number of hydrogen-bond acceptors (Lipinski definition) is 2. The van der Waals surface area contributed by atoms with E-state index in [0.717, 1.165) is 0 Å². The molecule has 2 nitrogen and oxygen atoms in total. The molecule has 0 bridgehead atoms. The van der Waals surface area contributed by atoms with Crippen LogP contribution in [-0.4, -0.2) is 8.42 Å². The van der Waals surface area contributed by atoms with E-state index in [1.807, 2.05) is 0 Å². The van der Waals surface area contributed by atoms with Gasteiger partial charge < -0.3 is 0 Å². The van der Waals surface area contributed by atoms with E-state index in [0.29, 0.717) is 0 Å². The minimum atomic E-state index is -3.72. The maximum atomic E-state index is 9.16. The first kappa shape index (κ1) is 17.9. The zero-order chi connectivity index (χ0) is 12.2. The summed E-state index contributed by atoms with van der Waals surface area (Å²) < 4.78 is 18.3. The van der Waals surface area contributed by atoms with Crippen LogP contribution in [0.25, 0.3) is 0 Å². The summed E-state index contributed by atoms with van der Waals surface area (Å²) in [5.74, 6) is 0. The van der Waals surface area contributed by atoms with Gasteiger partial charge in [-0.25, -0.2) is 0 Å². The van der Waals surface area contributed by atoms with Gasteiger partial charge in [0.2, 0.25) is 0 Å². The Bertz CT molecular complexity index is 187. The lowest BCUT2D eigenvalue weighted by Crippen LogP contribution is -1.77. The monoisotopic (exact) mass is 276 g/mol. The molecule has 0 aliphatic rings. The van der Waals surface area contributed by atoms with Gasteiger partial charge in [0, 0.05) is 21.4 Å². The molecule has 0 unspecified atom stereocenters. The van der Waals surface area contributed by atoms with E-state index >= 15 is 0 Å². The van der Waals surface area contributed by atoms with Crippen molar-refractivity contribution in [1.29, 1.82) is 0 Å². The van der Waals surface area contributed by atoms with E-state index in [4.69, 9.17) is 8.42 Å². The van der Waals surface area contributed by atoms with Crippen LogP contribution in [0.3, 0.4) is 0 Å². The highest BCUT2D eigenvalue weighted by atomic mass is 36.0. The van der Waals surface area contributed by atoms with Crippen LogP contribution in [0.15, 0.2) is 0 Å². The SMILES string of the molecule is CCCCCCCCCC.O=S(=O)(Cl)Cl. The van der Waals surface area contributed by atoms with E-state index in [-0.39, 0.29) is 0 Å². The average Bonchev–Trinajstić information content (AvgIpc) is 2.08. The molecular weight excluding hydrogens is 255 g/mol. The fourth-order valence-corrected chi connectivity index (χ4v) is 1.21. The number of rotatable bonds is 7. The third kappa shape index (κ3) is 40.2. The molecule has 0 aromatic heterocycles. The number of unbranched alkanes of at least 4 members (excludes halogenated alkanes) is 7. The van der Waals surface area contributed by atoms with E-state index < -0.39 is 8.26 Å². The highest BCUT2D eigenvalue weighted by Crippen LogP contribution is 2.07. The molecule has 0 rings (SSSR count). The van der Waals surface area contributed by atoms with Gasteiger partial charge in [0.15, 0.2) is 0 Å². The standard InChI is InChI=1S/C10H22.Cl2O2S/c1-3-5-7-9-10-8-6-4-2;1-5(2,3)4/h3-10H2,1-2H3;. The third-order valence-electron chi connectivity index (χ3n) is 1.96. The molecule has 0 aromatic carbocycles. The highest BCUT2D eigenvalue weighted by molar-refractivity contribution is 8.31. The van der Waals surface area contributed by atoms with Gasteiger partial charge in [-0.1, -0.05) is 65.2 Å². The summed E-state index contributed by atoms with van der Waals surface area (Å²) in [4.78, 5) is 0. The molecule has 5 heteroatoms. The van der Waals surface area contributed by atoms with Crippen LogP contribution in [0.1, 0.15) is 65.2 Å². The molecule has 0 saturated carbocycles.